The minimum Gasteiger partial charge on any atom is -0.454 e. The van der Waals surface area contributed by atoms with Gasteiger partial charge in [-0.15, -0.1) is 0 Å². The van der Waals surface area contributed by atoms with Gasteiger partial charge in [-0.3, -0.25) is 4.79 Å². The summed E-state index contributed by atoms with van der Waals surface area (Å²) in [5.74, 6) is -0.681. The fourth-order valence-electron chi connectivity index (χ4n) is 2.50. The summed E-state index contributed by atoms with van der Waals surface area (Å²) in [6.45, 7) is 3.47. The summed E-state index contributed by atoms with van der Waals surface area (Å²) in [4.78, 5) is 24.2. The van der Waals surface area contributed by atoms with Crippen molar-refractivity contribution in [3.63, 3.8) is 0 Å². The average Bonchev–Trinajstić information content (AvgIpc) is 2.95. The summed E-state index contributed by atoms with van der Waals surface area (Å²) in [6.07, 6.45) is 0. The SMILES string of the molecule is Cc1cc(C)cc(C(=O)OCC(=O)c2cc3ccccc3o2)c1. The van der Waals surface area contributed by atoms with E-state index in [1.165, 1.54) is 0 Å². The topological polar surface area (TPSA) is 56.5 Å². The number of Topliss-reactive ketones (excluding diaryl/α,β-unsaturated/α-hetero) is 1. The van der Waals surface area contributed by atoms with Gasteiger partial charge >= 0.3 is 5.97 Å². The van der Waals surface area contributed by atoms with Gasteiger partial charge in [0, 0.05) is 5.39 Å². The quantitative estimate of drug-likeness (QED) is 0.538. The van der Waals surface area contributed by atoms with Gasteiger partial charge in [0.05, 0.1) is 5.56 Å². The highest BCUT2D eigenvalue weighted by Crippen LogP contribution is 2.19. The molecule has 1 aromatic heterocycles. The molecule has 0 bridgehead atoms. The number of furan rings is 1. The maximum Gasteiger partial charge on any atom is 0.338 e. The van der Waals surface area contributed by atoms with Crippen LogP contribution in [-0.2, 0) is 4.74 Å². The lowest BCUT2D eigenvalue weighted by Gasteiger charge is -2.05. The van der Waals surface area contributed by atoms with Crippen molar-refractivity contribution in [2.75, 3.05) is 6.61 Å². The van der Waals surface area contributed by atoms with Gasteiger partial charge in [0.1, 0.15) is 5.58 Å². The number of carbonyl (C=O) groups is 2. The molecule has 2 aromatic carbocycles. The third kappa shape index (κ3) is 3.31. The second-order valence-corrected chi connectivity index (χ2v) is 5.52. The van der Waals surface area contributed by atoms with E-state index in [0.717, 1.165) is 16.5 Å². The highest BCUT2D eigenvalue weighted by Gasteiger charge is 2.16. The van der Waals surface area contributed by atoms with Gasteiger partial charge in [0.25, 0.3) is 0 Å². The fraction of sp³-hybridized carbons (Fsp3) is 0.158. The Morgan fingerprint density at radius 2 is 1.70 bits per heavy atom. The van der Waals surface area contributed by atoms with E-state index in [4.69, 9.17) is 9.15 Å². The minimum atomic E-state index is -0.513. The maximum absolute atomic E-state index is 12.1. The van der Waals surface area contributed by atoms with E-state index in [9.17, 15) is 9.59 Å². The lowest BCUT2D eigenvalue weighted by atomic mass is 10.1. The van der Waals surface area contributed by atoms with Gasteiger partial charge in [-0.05, 0) is 38.1 Å². The summed E-state index contributed by atoms with van der Waals surface area (Å²) >= 11 is 0. The molecule has 3 rings (SSSR count). The first-order valence-corrected chi connectivity index (χ1v) is 7.30. The van der Waals surface area contributed by atoms with Crippen LogP contribution >= 0.6 is 0 Å². The average molecular weight is 308 g/mol. The molecule has 0 aliphatic heterocycles. The summed E-state index contributed by atoms with van der Waals surface area (Å²) < 4.78 is 10.6. The number of esters is 1. The van der Waals surface area contributed by atoms with Gasteiger partial charge in [0.15, 0.2) is 12.4 Å². The predicted molar refractivity (Wildman–Crippen MR) is 86.7 cm³/mol. The Morgan fingerprint density at radius 1 is 1.00 bits per heavy atom. The molecule has 0 saturated carbocycles. The summed E-state index contributed by atoms with van der Waals surface area (Å²) in [5, 5.41) is 0.844. The van der Waals surface area contributed by atoms with Crippen molar-refractivity contribution >= 4 is 22.7 Å². The molecule has 4 heteroatoms. The molecular weight excluding hydrogens is 292 g/mol. The number of carbonyl (C=O) groups excluding carboxylic acids is 2. The molecule has 0 unspecified atom stereocenters. The van der Waals surface area contributed by atoms with E-state index in [1.807, 2.05) is 38.1 Å². The molecule has 0 aliphatic rings. The highest BCUT2D eigenvalue weighted by atomic mass is 16.5. The van der Waals surface area contributed by atoms with Crippen LogP contribution in [0.5, 0.6) is 0 Å². The molecule has 0 amide bonds. The first-order chi connectivity index (χ1) is 11.0. The number of hydrogen-bond donors (Lipinski definition) is 0. The maximum atomic E-state index is 12.1. The monoisotopic (exact) mass is 308 g/mol. The lowest BCUT2D eigenvalue weighted by molar-refractivity contribution is 0.0468. The zero-order valence-electron chi connectivity index (χ0n) is 13.0. The summed E-state index contributed by atoms with van der Waals surface area (Å²) in [5.41, 5.74) is 3.03. The zero-order chi connectivity index (χ0) is 16.4. The van der Waals surface area contributed by atoms with Gasteiger partial charge in [-0.2, -0.15) is 0 Å². The van der Waals surface area contributed by atoms with Crippen molar-refractivity contribution in [1.82, 2.24) is 0 Å². The van der Waals surface area contributed by atoms with Crippen LogP contribution in [0.25, 0.3) is 11.0 Å². The predicted octanol–water partition coefficient (Wildman–Crippen LogP) is 4.09. The molecule has 0 N–H and O–H groups in total. The third-order valence-electron chi connectivity index (χ3n) is 3.49. The fourth-order valence-corrected chi connectivity index (χ4v) is 2.50. The van der Waals surface area contributed by atoms with E-state index in [0.29, 0.717) is 11.1 Å². The highest BCUT2D eigenvalue weighted by molar-refractivity contribution is 6.00. The normalized spacial score (nSPS) is 10.7. The Morgan fingerprint density at radius 3 is 2.39 bits per heavy atom. The number of ether oxygens (including phenoxy) is 1. The van der Waals surface area contributed by atoms with Crippen LogP contribution in [0.3, 0.4) is 0 Å². The van der Waals surface area contributed by atoms with Crippen molar-refractivity contribution in [2.45, 2.75) is 13.8 Å². The molecule has 0 fully saturated rings. The van der Waals surface area contributed by atoms with Crippen LogP contribution in [-0.4, -0.2) is 18.4 Å². The third-order valence-corrected chi connectivity index (χ3v) is 3.49. The Balaban J connectivity index is 1.69. The molecule has 23 heavy (non-hydrogen) atoms. The molecule has 0 saturated heterocycles. The largest absolute Gasteiger partial charge is 0.454 e. The molecule has 0 atom stereocenters. The van der Waals surface area contributed by atoms with E-state index < -0.39 is 5.97 Å². The Kier molecular flexibility index (Phi) is 3.98. The molecule has 0 radical (unpaired) electrons. The van der Waals surface area contributed by atoms with Crippen LogP contribution in [0.4, 0.5) is 0 Å². The summed E-state index contributed by atoms with van der Waals surface area (Å²) in [7, 11) is 0. The van der Waals surface area contributed by atoms with Gasteiger partial charge < -0.3 is 9.15 Å². The standard InChI is InChI=1S/C19H16O4/c1-12-7-13(2)9-15(8-12)19(21)22-11-16(20)18-10-14-5-3-4-6-17(14)23-18/h3-10H,11H2,1-2H3. The first-order valence-electron chi connectivity index (χ1n) is 7.30. The van der Waals surface area contributed by atoms with Crippen LogP contribution in [0.1, 0.15) is 32.0 Å². The summed E-state index contributed by atoms with van der Waals surface area (Å²) in [6, 6.07) is 14.4. The van der Waals surface area contributed by atoms with Crippen LogP contribution < -0.4 is 0 Å². The van der Waals surface area contributed by atoms with Crippen molar-refractivity contribution in [2.24, 2.45) is 0 Å². The zero-order valence-corrected chi connectivity index (χ0v) is 13.0. The Hall–Kier alpha value is -2.88. The van der Waals surface area contributed by atoms with E-state index >= 15 is 0 Å². The molecule has 4 nitrogen and oxygen atoms in total. The molecular formula is C19H16O4. The molecule has 0 spiro atoms. The first kappa shape index (κ1) is 15.0. The van der Waals surface area contributed by atoms with Crippen molar-refractivity contribution in [1.29, 1.82) is 0 Å². The number of benzene rings is 2. The molecule has 3 aromatic rings. The number of rotatable bonds is 4. The second kappa shape index (κ2) is 6.08. The van der Waals surface area contributed by atoms with Crippen molar-refractivity contribution < 1.29 is 18.7 Å². The van der Waals surface area contributed by atoms with Gasteiger partial charge in [-0.25, -0.2) is 4.79 Å². The van der Waals surface area contributed by atoms with Gasteiger partial charge in [-0.1, -0.05) is 35.4 Å². The van der Waals surface area contributed by atoms with E-state index in [1.54, 1.807) is 24.3 Å². The van der Waals surface area contributed by atoms with Crippen molar-refractivity contribution in [3.8, 4) is 0 Å². The van der Waals surface area contributed by atoms with E-state index in [-0.39, 0.29) is 18.2 Å². The van der Waals surface area contributed by atoms with Crippen LogP contribution in [0, 0.1) is 13.8 Å². The van der Waals surface area contributed by atoms with Gasteiger partial charge in [0.2, 0.25) is 5.78 Å². The second-order valence-electron chi connectivity index (χ2n) is 5.52. The number of fused-ring (bicyclic) bond motifs is 1. The molecule has 0 aliphatic carbocycles. The smallest absolute Gasteiger partial charge is 0.338 e. The lowest BCUT2D eigenvalue weighted by Crippen LogP contribution is -2.14. The molecule has 1 heterocycles. The minimum absolute atomic E-state index is 0.194. The van der Waals surface area contributed by atoms with E-state index in [2.05, 4.69) is 0 Å². The molecule has 116 valence electrons. The van der Waals surface area contributed by atoms with Crippen molar-refractivity contribution in [3.05, 3.63) is 71.0 Å². The number of para-hydroxylation sites is 1. The number of aryl methyl sites for hydroxylation is 2. The number of hydrogen-bond acceptors (Lipinski definition) is 4. The Labute approximate surface area is 133 Å². The Bertz CT molecular complexity index is 836. The number of ketones is 1. The van der Waals surface area contributed by atoms with Crippen LogP contribution in [0.2, 0.25) is 0 Å². The van der Waals surface area contributed by atoms with Crippen LogP contribution in [0.15, 0.2) is 52.9 Å².